The van der Waals surface area contributed by atoms with Crippen molar-refractivity contribution in [1.82, 2.24) is 0 Å². The van der Waals surface area contributed by atoms with Crippen LogP contribution in [0.4, 0.5) is 0 Å². The van der Waals surface area contributed by atoms with Gasteiger partial charge in [0.15, 0.2) is 0 Å². The zero-order chi connectivity index (χ0) is 6.78. The first-order valence-electron chi connectivity index (χ1n) is 2.77. The summed E-state index contributed by atoms with van der Waals surface area (Å²) >= 11 is 2.28. The molecule has 0 aliphatic carbocycles. The largest absolute Gasteiger partial charge is 0.390 e. The Morgan fingerprint density at radius 3 is 2.00 bits per heavy atom. The molecule has 0 aliphatic heterocycles. The number of hydrogen-bond donors (Lipinski definition) is 1. The molecule has 2 heteroatoms. The lowest BCUT2D eigenvalue weighted by molar-refractivity contribution is 0.0358. The highest BCUT2D eigenvalue weighted by molar-refractivity contribution is 14.1. The SMILES string of the molecule is C[C@H](CI)C(C)(C)O. The van der Waals surface area contributed by atoms with Gasteiger partial charge in [-0.2, -0.15) is 0 Å². The predicted octanol–water partition coefficient (Wildman–Crippen LogP) is 1.83. The van der Waals surface area contributed by atoms with Crippen LogP contribution in [0.3, 0.4) is 0 Å². The molecule has 0 fully saturated rings. The van der Waals surface area contributed by atoms with Gasteiger partial charge in [0.25, 0.3) is 0 Å². The Labute approximate surface area is 64.6 Å². The normalized spacial score (nSPS) is 16.1. The maximum absolute atomic E-state index is 9.28. The summed E-state index contributed by atoms with van der Waals surface area (Å²) in [5, 5.41) is 9.28. The van der Waals surface area contributed by atoms with Crippen molar-refractivity contribution in [2.24, 2.45) is 5.92 Å². The van der Waals surface area contributed by atoms with Crippen LogP contribution in [0.2, 0.25) is 0 Å². The second-order valence-electron chi connectivity index (χ2n) is 2.71. The van der Waals surface area contributed by atoms with Crippen LogP contribution < -0.4 is 0 Å². The minimum atomic E-state index is -0.499. The Hall–Kier alpha value is 0.690. The van der Waals surface area contributed by atoms with Gasteiger partial charge in [-0.15, -0.1) is 0 Å². The summed E-state index contributed by atoms with van der Waals surface area (Å²) in [5.41, 5.74) is -0.499. The van der Waals surface area contributed by atoms with E-state index in [2.05, 4.69) is 22.6 Å². The number of rotatable bonds is 2. The molecule has 0 aromatic heterocycles. The fourth-order valence-corrected chi connectivity index (χ4v) is 1.27. The molecule has 8 heavy (non-hydrogen) atoms. The van der Waals surface area contributed by atoms with Gasteiger partial charge < -0.3 is 5.11 Å². The predicted molar refractivity (Wildman–Crippen MR) is 44.3 cm³/mol. The van der Waals surface area contributed by atoms with E-state index < -0.39 is 5.60 Å². The molecule has 0 saturated carbocycles. The zero-order valence-electron chi connectivity index (χ0n) is 5.61. The van der Waals surface area contributed by atoms with Crippen LogP contribution in [0, 0.1) is 5.92 Å². The smallest absolute Gasteiger partial charge is 0.0624 e. The van der Waals surface area contributed by atoms with Gasteiger partial charge in [0, 0.05) is 4.43 Å². The molecule has 0 radical (unpaired) electrons. The maximum atomic E-state index is 9.28. The van der Waals surface area contributed by atoms with E-state index in [1.165, 1.54) is 0 Å². The molecule has 0 rings (SSSR count). The van der Waals surface area contributed by atoms with Gasteiger partial charge in [-0.25, -0.2) is 0 Å². The fraction of sp³-hybridized carbons (Fsp3) is 1.00. The van der Waals surface area contributed by atoms with Crippen molar-refractivity contribution >= 4 is 22.6 Å². The number of hydrogen-bond acceptors (Lipinski definition) is 1. The summed E-state index contributed by atoms with van der Waals surface area (Å²) in [7, 11) is 0. The zero-order valence-corrected chi connectivity index (χ0v) is 7.77. The second-order valence-corrected chi connectivity index (χ2v) is 3.59. The summed E-state index contributed by atoms with van der Waals surface area (Å²) in [6, 6.07) is 0. The van der Waals surface area contributed by atoms with Crippen LogP contribution in [0.25, 0.3) is 0 Å². The van der Waals surface area contributed by atoms with E-state index in [9.17, 15) is 5.11 Å². The molecule has 50 valence electrons. The molecule has 0 bridgehead atoms. The molecule has 0 amide bonds. The van der Waals surface area contributed by atoms with Gasteiger partial charge in [0.1, 0.15) is 0 Å². The molecule has 0 heterocycles. The van der Waals surface area contributed by atoms with Crippen molar-refractivity contribution in [2.45, 2.75) is 26.4 Å². The highest BCUT2D eigenvalue weighted by Gasteiger charge is 2.20. The molecule has 1 N–H and O–H groups in total. The van der Waals surface area contributed by atoms with Crippen molar-refractivity contribution in [3.63, 3.8) is 0 Å². The van der Waals surface area contributed by atoms with Gasteiger partial charge in [0.2, 0.25) is 0 Å². The topological polar surface area (TPSA) is 20.2 Å². The van der Waals surface area contributed by atoms with Crippen molar-refractivity contribution < 1.29 is 5.11 Å². The fourth-order valence-electron chi connectivity index (χ4n) is 0.189. The molecule has 0 unspecified atom stereocenters. The van der Waals surface area contributed by atoms with Gasteiger partial charge in [-0.3, -0.25) is 0 Å². The lowest BCUT2D eigenvalue weighted by atomic mass is 9.95. The maximum Gasteiger partial charge on any atom is 0.0624 e. The van der Waals surface area contributed by atoms with Crippen molar-refractivity contribution in [2.75, 3.05) is 4.43 Å². The van der Waals surface area contributed by atoms with Gasteiger partial charge in [-0.05, 0) is 19.8 Å². The third-order valence-electron chi connectivity index (χ3n) is 1.44. The Morgan fingerprint density at radius 1 is 1.62 bits per heavy atom. The first-order valence-corrected chi connectivity index (χ1v) is 4.29. The Bertz CT molecular complexity index is 65.4. The molecule has 0 spiro atoms. The van der Waals surface area contributed by atoms with Crippen LogP contribution in [-0.4, -0.2) is 15.1 Å². The molecular formula is C6H13IO. The Kier molecular flexibility index (Phi) is 3.27. The number of alkyl halides is 1. The summed E-state index contributed by atoms with van der Waals surface area (Å²) < 4.78 is 1.02. The first-order chi connectivity index (χ1) is 3.48. The van der Waals surface area contributed by atoms with Crippen LogP contribution in [0.5, 0.6) is 0 Å². The first kappa shape index (κ1) is 8.69. The van der Waals surface area contributed by atoms with Crippen LogP contribution in [-0.2, 0) is 0 Å². The monoisotopic (exact) mass is 228 g/mol. The third kappa shape index (κ3) is 2.87. The van der Waals surface area contributed by atoms with Crippen LogP contribution in [0.15, 0.2) is 0 Å². The summed E-state index contributed by atoms with van der Waals surface area (Å²) in [6.07, 6.45) is 0. The Morgan fingerprint density at radius 2 is 2.00 bits per heavy atom. The van der Waals surface area contributed by atoms with E-state index >= 15 is 0 Å². The van der Waals surface area contributed by atoms with E-state index in [4.69, 9.17) is 0 Å². The van der Waals surface area contributed by atoms with E-state index in [0.717, 1.165) is 4.43 Å². The molecule has 0 aromatic rings. The highest BCUT2D eigenvalue weighted by Crippen LogP contribution is 2.17. The Balaban J connectivity index is 3.62. The lowest BCUT2D eigenvalue weighted by Crippen LogP contribution is -2.29. The lowest BCUT2D eigenvalue weighted by Gasteiger charge is -2.23. The number of aliphatic hydroxyl groups is 1. The average molecular weight is 228 g/mol. The highest BCUT2D eigenvalue weighted by atomic mass is 127. The summed E-state index contributed by atoms with van der Waals surface area (Å²) in [5.74, 6) is 0.392. The molecule has 0 aliphatic rings. The quantitative estimate of drug-likeness (QED) is 0.564. The minimum Gasteiger partial charge on any atom is -0.390 e. The van der Waals surface area contributed by atoms with E-state index in [-0.39, 0.29) is 0 Å². The van der Waals surface area contributed by atoms with E-state index in [1.807, 2.05) is 20.8 Å². The van der Waals surface area contributed by atoms with Crippen LogP contribution >= 0.6 is 22.6 Å². The molecular weight excluding hydrogens is 215 g/mol. The average Bonchev–Trinajstić information content (AvgIpc) is 1.62. The molecule has 1 atom stereocenters. The van der Waals surface area contributed by atoms with Gasteiger partial charge in [-0.1, -0.05) is 29.5 Å². The molecule has 1 nitrogen and oxygen atoms in total. The van der Waals surface area contributed by atoms with Crippen LogP contribution in [0.1, 0.15) is 20.8 Å². The number of halogens is 1. The third-order valence-corrected chi connectivity index (χ3v) is 2.76. The standard InChI is InChI=1S/C6H13IO/c1-5(4-7)6(2,3)8/h5,8H,4H2,1-3H3/t5-/m1/s1. The summed E-state index contributed by atoms with van der Waals surface area (Å²) in [6.45, 7) is 5.74. The molecule has 0 saturated heterocycles. The second kappa shape index (κ2) is 3.01. The van der Waals surface area contributed by atoms with E-state index in [1.54, 1.807) is 0 Å². The minimum absolute atomic E-state index is 0.392. The van der Waals surface area contributed by atoms with E-state index in [0.29, 0.717) is 5.92 Å². The summed E-state index contributed by atoms with van der Waals surface area (Å²) in [4.78, 5) is 0. The van der Waals surface area contributed by atoms with Crippen molar-refractivity contribution in [1.29, 1.82) is 0 Å². The van der Waals surface area contributed by atoms with Gasteiger partial charge in [0.05, 0.1) is 5.60 Å². The molecule has 0 aromatic carbocycles. The van der Waals surface area contributed by atoms with Gasteiger partial charge >= 0.3 is 0 Å². The van der Waals surface area contributed by atoms with Crippen molar-refractivity contribution in [3.05, 3.63) is 0 Å². The van der Waals surface area contributed by atoms with Crippen molar-refractivity contribution in [3.8, 4) is 0 Å².